The van der Waals surface area contributed by atoms with Gasteiger partial charge in [-0.05, 0) is 44.3 Å². The molecule has 0 saturated carbocycles. The van der Waals surface area contributed by atoms with Gasteiger partial charge in [-0.1, -0.05) is 101 Å². The molecule has 1 rings (SSSR count). The third-order valence-corrected chi connectivity index (χ3v) is 6.45. The van der Waals surface area contributed by atoms with E-state index in [2.05, 4.69) is 19.1 Å². The van der Waals surface area contributed by atoms with Gasteiger partial charge in [0.1, 0.15) is 0 Å². The van der Waals surface area contributed by atoms with Crippen molar-refractivity contribution in [2.75, 3.05) is 0 Å². The van der Waals surface area contributed by atoms with Crippen LogP contribution in [0.3, 0.4) is 0 Å². The quantitative estimate of drug-likeness (QED) is 0.139. The second-order valence-corrected chi connectivity index (χ2v) is 9.46. The fraction of sp³-hybridized carbons (Fsp3) is 0.720. The SMILES string of the molecule is CCCCCCCC/C=C\CCCCCCCCC1(Cl)C=C(Cl)C=CC1C(=O)O. The molecule has 0 bridgehead atoms. The fourth-order valence-corrected chi connectivity index (χ4v) is 4.61. The summed E-state index contributed by atoms with van der Waals surface area (Å²) in [5.41, 5.74) is 0. The zero-order chi connectivity index (χ0) is 21.4. The van der Waals surface area contributed by atoms with Crippen molar-refractivity contribution in [2.45, 2.75) is 108 Å². The van der Waals surface area contributed by atoms with Gasteiger partial charge in [0.2, 0.25) is 0 Å². The summed E-state index contributed by atoms with van der Waals surface area (Å²) in [6, 6.07) is 0. The second kappa shape index (κ2) is 16.0. The Kier molecular flexibility index (Phi) is 14.5. The molecule has 2 unspecified atom stereocenters. The van der Waals surface area contributed by atoms with Gasteiger partial charge in [0.05, 0.1) is 10.8 Å². The predicted molar refractivity (Wildman–Crippen MR) is 127 cm³/mol. The Morgan fingerprint density at radius 2 is 1.48 bits per heavy atom. The maximum absolute atomic E-state index is 11.4. The molecule has 1 N–H and O–H groups in total. The minimum Gasteiger partial charge on any atom is -0.481 e. The summed E-state index contributed by atoms with van der Waals surface area (Å²) in [7, 11) is 0. The number of carboxylic acid groups (broad SMARTS) is 1. The van der Waals surface area contributed by atoms with E-state index < -0.39 is 16.8 Å². The molecule has 0 amide bonds. The normalized spacial score (nSPS) is 21.6. The highest BCUT2D eigenvalue weighted by molar-refractivity contribution is 6.34. The molecule has 1 aliphatic rings. The fourth-order valence-electron chi connectivity index (χ4n) is 3.87. The van der Waals surface area contributed by atoms with E-state index in [0.717, 1.165) is 12.8 Å². The number of aliphatic carboxylic acids is 1. The Balaban J connectivity index is 2.00. The number of allylic oxidation sites excluding steroid dienone is 5. The van der Waals surface area contributed by atoms with E-state index in [1.54, 1.807) is 18.2 Å². The van der Waals surface area contributed by atoms with Crippen molar-refractivity contribution < 1.29 is 9.90 Å². The Morgan fingerprint density at radius 1 is 0.966 bits per heavy atom. The molecule has 0 spiro atoms. The molecule has 2 atom stereocenters. The van der Waals surface area contributed by atoms with Crippen LogP contribution in [0.2, 0.25) is 0 Å². The van der Waals surface area contributed by atoms with Crippen LogP contribution in [0.5, 0.6) is 0 Å². The average Bonchev–Trinajstić information content (AvgIpc) is 2.67. The first-order valence-electron chi connectivity index (χ1n) is 11.6. The molecule has 0 fully saturated rings. The van der Waals surface area contributed by atoms with Crippen LogP contribution in [0.15, 0.2) is 35.4 Å². The molecule has 1 aliphatic carbocycles. The van der Waals surface area contributed by atoms with Gasteiger partial charge in [-0.2, -0.15) is 0 Å². The van der Waals surface area contributed by atoms with E-state index in [9.17, 15) is 9.90 Å². The molecular weight excluding hydrogens is 403 g/mol. The Bertz CT molecular complexity index is 539. The molecule has 0 heterocycles. The molecule has 166 valence electrons. The lowest BCUT2D eigenvalue weighted by Gasteiger charge is -2.30. The molecular formula is C25H40Cl2O2. The number of carbonyl (C=O) groups is 1. The van der Waals surface area contributed by atoms with Crippen LogP contribution in [0.25, 0.3) is 0 Å². The monoisotopic (exact) mass is 442 g/mol. The summed E-state index contributed by atoms with van der Waals surface area (Å²) in [5.74, 6) is -1.59. The van der Waals surface area contributed by atoms with Crippen molar-refractivity contribution in [1.82, 2.24) is 0 Å². The van der Waals surface area contributed by atoms with E-state index >= 15 is 0 Å². The van der Waals surface area contributed by atoms with E-state index in [1.807, 2.05) is 0 Å². The summed E-state index contributed by atoms with van der Waals surface area (Å²) < 4.78 is 0. The average molecular weight is 443 g/mol. The summed E-state index contributed by atoms with van der Waals surface area (Å²) in [6.07, 6.45) is 27.9. The van der Waals surface area contributed by atoms with Gasteiger partial charge in [0.25, 0.3) is 0 Å². The minimum absolute atomic E-state index is 0.530. The highest BCUT2D eigenvalue weighted by Gasteiger charge is 2.39. The van der Waals surface area contributed by atoms with Crippen LogP contribution in [0, 0.1) is 5.92 Å². The van der Waals surface area contributed by atoms with Crippen LogP contribution in [0.1, 0.15) is 103 Å². The Morgan fingerprint density at radius 3 is 2.03 bits per heavy atom. The molecule has 4 heteroatoms. The smallest absolute Gasteiger partial charge is 0.312 e. The van der Waals surface area contributed by atoms with Gasteiger partial charge in [-0.3, -0.25) is 4.79 Å². The largest absolute Gasteiger partial charge is 0.481 e. The van der Waals surface area contributed by atoms with Crippen LogP contribution in [0.4, 0.5) is 0 Å². The second-order valence-electron chi connectivity index (χ2n) is 8.32. The van der Waals surface area contributed by atoms with E-state index in [4.69, 9.17) is 23.2 Å². The molecule has 0 aromatic heterocycles. The van der Waals surface area contributed by atoms with Crippen LogP contribution in [-0.2, 0) is 4.79 Å². The van der Waals surface area contributed by atoms with Gasteiger partial charge in [0, 0.05) is 5.03 Å². The lowest BCUT2D eigenvalue weighted by Crippen LogP contribution is -2.36. The van der Waals surface area contributed by atoms with E-state index in [1.165, 1.54) is 77.0 Å². The van der Waals surface area contributed by atoms with Crippen LogP contribution >= 0.6 is 23.2 Å². The van der Waals surface area contributed by atoms with Crippen LogP contribution < -0.4 is 0 Å². The molecule has 0 aliphatic heterocycles. The Labute approximate surface area is 188 Å². The molecule has 0 aromatic carbocycles. The molecule has 2 nitrogen and oxygen atoms in total. The number of unbranched alkanes of at least 4 members (excludes halogenated alkanes) is 12. The number of rotatable bonds is 17. The van der Waals surface area contributed by atoms with E-state index in [-0.39, 0.29) is 0 Å². The van der Waals surface area contributed by atoms with Gasteiger partial charge in [0.15, 0.2) is 0 Å². The summed E-state index contributed by atoms with van der Waals surface area (Å²) in [4.78, 5) is 10.5. The predicted octanol–water partition coefficient (Wildman–Crippen LogP) is 8.78. The zero-order valence-electron chi connectivity index (χ0n) is 18.2. The van der Waals surface area contributed by atoms with Gasteiger partial charge < -0.3 is 5.11 Å². The van der Waals surface area contributed by atoms with Gasteiger partial charge >= 0.3 is 5.97 Å². The maximum atomic E-state index is 11.4. The molecule has 29 heavy (non-hydrogen) atoms. The number of alkyl halides is 1. The first kappa shape index (κ1) is 26.3. The standard InChI is InChI=1S/C25H40Cl2O2/c1-2-3-4-5-6-7-8-9-10-11-12-13-14-15-16-17-20-25(27)21-22(26)18-19-23(25)24(28)29/h9-10,18-19,21,23H,2-8,11-17,20H2,1H3,(H,28,29)/b10-9-. The van der Waals surface area contributed by atoms with Crippen molar-refractivity contribution in [1.29, 1.82) is 0 Å². The van der Waals surface area contributed by atoms with Crippen LogP contribution in [-0.4, -0.2) is 16.0 Å². The van der Waals surface area contributed by atoms with Crippen molar-refractivity contribution in [3.63, 3.8) is 0 Å². The van der Waals surface area contributed by atoms with Crippen molar-refractivity contribution >= 4 is 29.2 Å². The summed E-state index contributed by atoms with van der Waals surface area (Å²) in [6.45, 7) is 2.26. The first-order valence-corrected chi connectivity index (χ1v) is 12.4. The maximum Gasteiger partial charge on any atom is 0.312 e. The van der Waals surface area contributed by atoms with Crippen molar-refractivity contribution in [3.05, 3.63) is 35.4 Å². The summed E-state index contributed by atoms with van der Waals surface area (Å²) in [5, 5.41) is 9.91. The van der Waals surface area contributed by atoms with E-state index in [0.29, 0.717) is 11.5 Å². The number of carboxylic acids is 1. The highest BCUT2D eigenvalue weighted by atomic mass is 35.5. The Hall–Kier alpha value is -0.730. The number of hydrogen-bond donors (Lipinski definition) is 1. The van der Waals surface area contributed by atoms with Crippen molar-refractivity contribution in [2.24, 2.45) is 5.92 Å². The lowest BCUT2D eigenvalue weighted by molar-refractivity contribution is -0.140. The zero-order valence-corrected chi connectivity index (χ0v) is 19.7. The summed E-state index contributed by atoms with van der Waals surface area (Å²) >= 11 is 12.6. The molecule has 0 aromatic rings. The number of halogens is 2. The van der Waals surface area contributed by atoms with Crippen molar-refractivity contribution in [3.8, 4) is 0 Å². The molecule has 0 saturated heterocycles. The van der Waals surface area contributed by atoms with Gasteiger partial charge in [-0.15, -0.1) is 11.6 Å². The molecule has 0 radical (unpaired) electrons. The highest BCUT2D eigenvalue weighted by Crippen LogP contribution is 2.39. The minimum atomic E-state index is -0.890. The van der Waals surface area contributed by atoms with Gasteiger partial charge in [-0.25, -0.2) is 0 Å². The third kappa shape index (κ3) is 11.9. The lowest BCUT2D eigenvalue weighted by atomic mass is 9.83. The topological polar surface area (TPSA) is 37.3 Å². The third-order valence-electron chi connectivity index (χ3n) is 5.68. The number of hydrogen-bond acceptors (Lipinski definition) is 1. The first-order chi connectivity index (χ1) is 14.0.